The smallest absolute Gasteiger partial charge is 0.457 e. The van der Waals surface area contributed by atoms with E-state index in [1.54, 1.807) is 4.90 Å². The summed E-state index contributed by atoms with van der Waals surface area (Å²) in [4.78, 5) is 30.8. The first-order valence-electron chi connectivity index (χ1n) is 13.9. The molecule has 0 unspecified atom stereocenters. The van der Waals surface area contributed by atoms with Crippen molar-refractivity contribution in [2.75, 3.05) is 20.2 Å². The van der Waals surface area contributed by atoms with Gasteiger partial charge in [0.1, 0.15) is 11.6 Å². The van der Waals surface area contributed by atoms with E-state index in [0.717, 1.165) is 38.7 Å². The fourth-order valence-corrected chi connectivity index (χ4v) is 6.35. The summed E-state index contributed by atoms with van der Waals surface area (Å²) in [6.07, 6.45) is 2.62. The van der Waals surface area contributed by atoms with Gasteiger partial charge in [-0.25, -0.2) is 9.59 Å². The number of hydrogen-bond acceptors (Lipinski definition) is 7. The molecule has 8 nitrogen and oxygen atoms in total. The number of fused-ring (bicyclic) bond motifs is 1. The highest BCUT2D eigenvalue weighted by molar-refractivity contribution is 6.45. The van der Waals surface area contributed by atoms with Crippen LogP contribution in [-0.2, 0) is 30.1 Å². The van der Waals surface area contributed by atoms with Crippen LogP contribution in [0.3, 0.4) is 0 Å². The number of benzene rings is 1. The highest BCUT2D eigenvalue weighted by Gasteiger charge is 2.63. The number of likely N-dealkylation sites (tertiary alicyclic amines) is 2. The van der Waals surface area contributed by atoms with Crippen molar-refractivity contribution in [2.24, 2.45) is 5.41 Å². The highest BCUT2D eigenvalue weighted by Crippen LogP contribution is 2.52. The van der Waals surface area contributed by atoms with Crippen LogP contribution in [0.2, 0.25) is 6.32 Å². The SMILES string of the molecule is COC(=O)[C@H]1N(C(=O)OC(C)(C)C)C[C@@H]2N(Cc3ccccc3)CC[C@@]21CCCB1OC(C)(C)C(C)(C)O1. The molecule has 1 aromatic carbocycles. The Balaban J connectivity index is 1.59. The molecule has 3 heterocycles. The minimum atomic E-state index is -0.702. The fraction of sp³-hybridized carbons (Fsp3) is 0.724. The summed E-state index contributed by atoms with van der Waals surface area (Å²) in [6.45, 7) is 15.8. The number of rotatable bonds is 7. The molecule has 3 aliphatic heterocycles. The lowest BCUT2D eigenvalue weighted by Crippen LogP contribution is -2.50. The first-order valence-corrected chi connectivity index (χ1v) is 13.9. The van der Waals surface area contributed by atoms with Crippen molar-refractivity contribution in [1.82, 2.24) is 9.80 Å². The summed E-state index contributed by atoms with van der Waals surface area (Å²) in [7, 11) is 1.11. The Kier molecular flexibility index (Phi) is 7.96. The monoisotopic (exact) mass is 528 g/mol. The third-order valence-corrected chi connectivity index (χ3v) is 8.86. The lowest BCUT2D eigenvalue weighted by atomic mass is 9.70. The Morgan fingerprint density at radius 1 is 1.08 bits per heavy atom. The predicted molar refractivity (Wildman–Crippen MR) is 147 cm³/mol. The van der Waals surface area contributed by atoms with E-state index in [0.29, 0.717) is 6.54 Å². The third kappa shape index (κ3) is 5.61. The van der Waals surface area contributed by atoms with E-state index in [4.69, 9.17) is 18.8 Å². The molecule has 3 fully saturated rings. The van der Waals surface area contributed by atoms with Crippen molar-refractivity contribution >= 4 is 19.2 Å². The maximum absolute atomic E-state index is 13.4. The maximum atomic E-state index is 13.4. The molecule has 1 amide bonds. The normalized spacial score (nSPS) is 28.4. The Morgan fingerprint density at radius 2 is 1.71 bits per heavy atom. The molecule has 0 bridgehead atoms. The molecule has 0 spiro atoms. The van der Waals surface area contributed by atoms with E-state index < -0.39 is 23.2 Å². The number of amides is 1. The molecule has 3 saturated heterocycles. The van der Waals surface area contributed by atoms with Crippen LogP contribution < -0.4 is 0 Å². The van der Waals surface area contributed by atoms with Gasteiger partial charge in [-0.1, -0.05) is 36.8 Å². The number of ether oxygens (including phenoxy) is 2. The van der Waals surface area contributed by atoms with E-state index in [1.807, 2.05) is 39.0 Å². The van der Waals surface area contributed by atoms with Crippen molar-refractivity contribution < 1.29 is 28.4 Å². The molecule has 38 heavy (non-hydrogen) atoms. The molecule has 1 aromatic rings. The third-order valence-electron chi connectivity index (χ3n) is 8.86. The van der Waals surface area contributed by atoms with Gasteiger partial charge in [0.2, 0.25) is 0 Å². The number of carbonyl (C=O) groups is 2. The molecule has 0 saturated carbocycles. The standard InChI is InChI=1S/C29H45BN2O6/c1-26(2,3)36-25(34)32-20-22-29(23(32)24(33)35-8,16-18-31(22)19-21-13-10-9-11-14-21)15-12-17-30-37-27(4,5)28(6,7)38-30/h9-11,13-14,22-23H,12,15-20H2,1-8H3/t22-,23+,29-/m0/s1. The summed E-state index contributed by atoms with van der Waals surface area (Å²) in [5, 5.41) is 0. The number of esters is 1. The molecule has 9 heteroatoms. The molecule has 210 valence electrons. The van der Waals surface area contributed by atoms with Crippen LogP contribution in [0.4, 0.5) is 4.79 Å². The zero-order valence-corrected chi connectivity index (χ0v) is 24.4. The van der Waals surface area contributed by atoms with Gasteiger partial charge in [-0.3, -0.25) is 9.80 Å². The van der Waals surface area contributed by atoms with Crippen molar-refractivity contribution in [3.63, 3.8) is 0 Å². The molecule has 3 aliphatic rings. The largest absolute Gasteiger partial charge is 0.467 e. The number of methoxy groups -OCH3 is 1. The summed E-state index contributed by atoms with van der Waals surface area (Å²) < 4.78 is 23.5. The molecule has 0 radical (unpaired) electrons. The summed E-state index contributed by atoms with van der Waals surface area (Å²) in [5.74, 6) is -0.379. The zero-order valence-electron chi connectivity index (χ0n) is 24.4. The highest BCUT2D eigenvalue weighted by atomic mass is 16.7. The lowest BCUT2D eigenvalue weighted by Gasteiger charge is -2.36. The molecule has 0 aliphatic carbocycles. The van der Waals surface area contributed by atoms with Crippen LogP contribution in [-0.4, -0.2) is 78.1 Å². The predicted octanol–water partition coefficient (Wildman–Crippen LogP) is 4.91. The average Bonchev–Trinajstić information content (AvgIpc) is 3.39. The molecular weight excluding hydrogens is 483 g/mol. The van der Waals surface area contributed by atoms with Gasteiger partial charge in [-0.05, 0) is 79.7 Å². The summed E-state index contributed by atoms with van der Waals surface area (Å²) >= 11 is 0. The number of hydrogen-bond donors (Lipinski definition) is 0. The quantitative estimate of drug-likeness (QED) is 0.368. The van der Waals surface area contributed by atoms with E-state index >= 15 is 0 Å². The Bertz CT molecular complexity index is 994. The molecule has 0 aromatic heterocycles. The van der Waals surface area contributed by atoms with Gasteiger partial charge in [-0.2, -0.15) is 0 Å². The number of carbonyl (C=O) groups excluding carboxylic acids is 2. The fourth-order valence-electron chi connectivity index (χ4n) is 6.35. The van der Waals surface area contributed by atoms with E-state index in [9.17, 15) is 9.59 Å². The Labute approximate surface area is 228 Å². The van der Waals surface area contributed by atoms with Gasteiger partial charge in [0.15, 0.2) is 0 Å². The zero-order chi connectivity index (χ0) is 27.9. The van der Waals surface area contributed by atoms with E-state index in [2.05, 4.69) is 44.7 Å². The van der Waals surface area contributed by atoms with E-state index in [-0.39, 0.29) is 30.3 Å². The molecular formula is C29H45BN2O6. The van der Waals surface area contributed by atoms with Crippen LogP contribution in [0.25, 0.3) is 0 Å². The van der Waals surface area contributed by atoms with Gasteiger partial charge in [0.25, 0.3) is 0 Å². The van der Waals surface area contributed by atoms with Crippen LogP contribution in [0.5, 0.6) is 0 Å². The van der Waals surface area contributed by atoms with E-state index in [1.165, 1.54) is 12.7 Å². The van der Waals surface area contributed by atoms with Crippen molar-refractivity contribution in [3.05, 3.63) is 35.9 Å². The van der Waals surface area contributed by atoms with Gasteiger partial charge in [-0.15, -0.1) is 0 Å². The lowest BCUT2D eigenvalue weighted by molar-refractivity contribution is -0.149. The van der Waals surface area contributed by atoms with Gasteiger partial charge < -0.3 is 18.8 Å². The summed E-state index contributed by atoms with van der Waals surface area (Å²) in [5.41, 5.74) is -0.654. The first kappa shape index (κ1) is 28.9. The first-order chi connectivity index (χ1) is 17.7. The van der Waals surface area contributed by atoms with Crippen LogP contribution in [0, 0.1) is 5.41 Å². The van der Waals surface area contributed by atoms with Crippen LogP contribution >= 0.6 is 0 Å². The molecule has 3 atom stereocenters. The molecule has 0 N–H and O–H groups in total. The number of nitrogens with zero attached hydrogens (tertiary/aromatic N) is 2. The summed E-state index contributed by atoms with van der Waals surface area (Å²) in [6, 6.07) is 9.65. The second-order valence-electron chi connectivity index (χ2n) is 13.1. The minimum Gasteiger partial charge on any atom is -0.467 e. The Hall–Kier alpha value is -2.10. The second kappa shape index (κ2) is 10.5. The van der Waals surface area contributed by atoms with Crippen molar-refractivity contribution in [3.8, 4) is 0 Å². The van der Waals surface area contributed by atoms with Crippen molar-refractivity contribution in [2.45, 2.75) is 109 Å². The van der Waals surface area contributed by atoms with Gasteiger partial charge in [0, 0.05) is 24.5 Å². The van der Waals surface area contributed by atoms with Gasteiger partial charge in [0.05, 0.1) is 18.3 Å². The van der Waals surface area contributed by atoms with Crippen LogP contribution in [0.15, 0.2) is 30.3 Å². The van der Waals surface area contributed by atoms with Crippen molar-refractivity contribution in [1.29, 1.82) is 0 Å². The second-order valence-corrected chi connectivity index (χ2v) is 13.1. The van der Waals surface area contributed by atoms with Gasteiger partial charge >= 0.3 is 19.2 Å². The maximum Gasteiger partial charge on any atom is 0.457 e. The van der Waals surface area contributed by atoms with Crippen LogP contribution in [0.1, 0.15) is 73.3 Å². The Morgan fingerprint density at radius 3 is 2.29 bits per heavy atom. The topological polar surface area (TPSA) is 77.5 Å². The molecule has 4 rings (SSSR count). The average molecular weight is 528 g/mol. The minimum absolute atomic E-state index is 0.0117.